The van der Waals surface area contributed by atoms with Crippen LogP contribution in [0.1, 0.15) is 28.0 Å². The van der Waals surface area contributed by atoms with Crippen molar-refractivity contribution in [3.05, 3.63) is 53.6 Å². The summed E-state index contributed by atoms with van der Waals surface area (Å²) >= 11 is 0. The molecule has 0 aliphatic carbocycles. The Balaban J connectivity index is 1.87. The number of aromatic carboxylic acids is 1. The van der Waals surface area contributed by atoms with E-state index >= 15 is 0 Å². The van der Waals surface area contributed by atoms with E-state index in [1.807, 2.05) is 34.9 Å². The van der Waals surface area contributed by atoms with E-state index in [2.05, 4.69) is 4.98 Å². The molecule has 0 amide bonds. The largest absolute Gasteiger partial charge is 0.476 e. The molecule has 1 aliphatic heterocycles. The summed E-state index contributed by atoms with van der Waals surface area (Å²) in [5, 5.41) is 8.90. The monoisotopic (exact) mass is 244 g/mol. The predicted molar refractivity (Wildman–Crippen MR) is 63.2 cm³/mol. The summed E-state index contributed by atoms with van der Waals surface area (Å²) in [5.41, 5.74) is 1.16. The number of nitrogens with zero attached hydrogens (tertiary/aromatic N) is 2. The van der Waals surface area contributed by atoms with Crippen LogP contribution in [0.4, 0.5) is 0 Å². The van der Waals surface area contributed by atoms with Gasteiger partial charge in [0.05, 0.1) is 6.54 Å². The van der Waals surface area contributed by atoms with Crippen molar-refractivity contribution in [3.8, 4) is 0 Å². The van der Waals surface area contributed by atoms with Crippen molar-refractivity contribution in [1.82, 2.24) is 9.55 Å². The van der Waals surface area contributed by atoms with Gasteiger partial charge in [-0.1, -0.05) is 30.3 Å². The van der Waals surface area contributed by atoms with Crippen LogP contribution in [0.3, 0.4) is 0 Å². The quantitative estimate of drug-likeness (QED) is 0.875. The van der Waals surface area contributed by atoms with Crippen LogP contribution in [0.15, 0.2) is 36.5 Å². The molecule has 1 atom stereocenters. The van der Waals surface area contributed by atoms with E-state index in [0.29, 0.717) is 19.0 Å². The smallest absolute Gasteiger partial charge is 0.356 e. The van der Waals surface area contributed by atoms with Gasteiger partial charge in [-0.3, -0.25) is 0 Å². The molecule has 1 N–H and O–H groups in total. The first-order valence-electron chi connectivity index (χ1n) is 5.70. The van der Waals surface area contributed by atoms with Gasteiger partial charge in [0.25, 0.3) is 0 Å². The molecule has 2 aromatic rings. The molecule has 2 heterocycles. The Hall–Kier alpha value is -2.14. The van der Waals surface area contributed by atoms with Gasteiger partial charge in [0.1, 0.15) is 18.5 Å². The zero-order valence-electron chi connectivity index (χ0n) is 9.61. The van der Waals surface area contributed by atoms with Crippen molar-refractivity contribution >= 4 is 5.97 Å². The molecule has 0 fully saturated rings. The SMILES string of the molecule is O=C(O)c1cn2c(n1)COC(c1ccccc1)C2. The van der Waals surface area contributed by atoms with Gasteiger partial charge in [-0.15, -0.1) is 0 Å². The van der Waals surface area contributed by atoms with Gasteiger partial charge >= 0.3 is 5.97 Å². The van der Waals surface area contributed by atoms with Crippen LogP contribution in [-0.4, -0.2) is 20.6 Å². The minimum Gasteiger partial charge on any atom is -0.476 e. The van der Waals surface area contributed by atoms with E-state index in [1.54, 1.807) is 6.20 Å². The zero-order chi connectivity index (χ0) is 12.5. The number of benzene rings is 1. The Labute approximate surface area is 104 Å². The van der Waals surface area contributed by atoms with Gasteiger partial charge in [-0.05, 0) is 5.56 Å². The van der Waals surface area contributed by atoms with Gasteiger partial charge in [0.15, 0.2) is 5.69 Å². The molecular weight excluding hydrogens is 232 g/mol. The lowest BCUT2D eigenvalue weighted by atomic mass is 10.1. The second-order valence-electron chi connectivity index (χ2n) is 4.21. The van der Waals surface area contributed by atoms with Gasteiger partial charge in [0.2, 0.25) is 0 Å². The molecule has 92 valence electrons. The molecule has 1 aliphatic rings. The molecule has 3 rings (SSSR count). The Morgan fingerprint density at radius 1 is 1.39 bits per heavy atom. The predicted octanol–water partition coefficient (Wildman–Crippen LogP) is 1.85. The van der Waals surface area contributed by atoms with Crippen molar-refractivity contribution in [2.24, 2.45) is 0 Å². The van der Waals surface area contributed by atoms with Gasteiger partial charge in [0, 0.05) is 6.20 Å². The first kappa shape index (κ1) is 11.0. The third-order valence-electron chi connectivity index (χ3n) is 3.03. The van der Waals surface area contributed by atoms with Crippen molar-refractivity contribution in [2.45, 2.75) is 19.3 Å². The van der Waals surface area contributed by atoms with Crippen molar-refractivity contribution < 1.29 is 14.6 Å². The Bertz CT molecular complexity index is 577. The third-order valence-corrected chi connectivity index (χ3v) is 3.03. The minimum absolute atomic E-state index is 0.0467. The number of aromatic nitrogens is 2. The lowest BCUT2D eigenvalue weighted by molar-refractivity contribution is 0.000487. The van der Waals surface area contributed by atoms with Crippen LogP contribution in [0.25, 0.3) is 0 Å². The van der Waals surface area contributed by atoms with Crippen molar-refractivity contribution in [2.75, 3.05) is 0 Å². The van der Waals surface area contributed by atoms with Crippen LogP contribution in [-0.2, 0) is 17.9 Å². The number of imidazole rings is 1. The molecule has 0 saturated carbocycles. The van der Waals surface area contributed by atoms with Crippen molar-refractivity contribution in [3.63, 3.8) is 0 Å². The maximum Gasteiger partial charge on any atom is 0.356 e. The standard InChI is InChI=1S/C13H12N2O3/c16-13(17)10-6-15-7-11(18-8-12(15)14-10)9-4-2-1-3-5-9/h1-6,11H,7-8H2,(H,16,17). The highest BCUT2D eigenvalue weighted by atomic mass is 16.5. The highest BCUT2D eigenvalue weighted by molar-refractivity contribution is 5.85. The van der Waals surface area contributed by atoms with Gasteiger partial charge < -0.3 is 14.4 Å². The molecule has 1 unspecified atom stereocenters. The Morgan fingerprint density at radius 3 is 2.89 bits per heavy atom. The molecule has 5 nitrogen and oxygen atoms in total. The van der Waals surface area contributed by atoms with E-state index in [1.165, 1.54) is 0 Å². The highest BCUT2D eigenvalue weighted by Crippen LogP contribution is 2.26. The summed E-state index contributed by atoms with van der Waals surface area (Å²) in [7, 11) is 0. The summed E-state index contributed by atoms with van der Waals surface area (Å²) in [4.78, 5) is 14.9. The van der Waals surface area contributed by atoms with Crippen LogP contribution < -0.4 is 0 Å². The molecule has 1 aromatic heterocycles. The minimum atomic E-state index is -1.01. The topological polar surface area (TPSA) is 64.3 Å². The number of hydrogen-bond donors (Lipinski definition) is 1. The maximum atomic E-state index is 10.9. The number of ether oxygens (including phenoxy) is 1. The zero-order valence-corrected chi connectivity index (χ0v) is 9.61. The molecule has 5 heteroatoms. The summed E-state index contributed by atoms with van der Waals surface area (Å²) in [5.74, 6) is -0.340. The number of carbonyl (C=O) groups is 1. The third kappa shape index (κ3) is 1.89. The molecule has 0 saturated heterocycles. The van der Waals surface area contributed by atoms with Crippen LogP contribution in [0.2, 0.25) is 0 Å². The number of carboxylic acid groups (broad SMARTS) is 1. The maximum absolute atomic E-state index is 10.9. The van der Waals surface area contributed by atoms with E-state index < -0.39 is 5.97 Å². The second-order valence-corrected chi connectivity index (χ2v) is 4.21. The molecular formula is C13H12N2O3. The lowest BCUT2D eigenvalue weighted by Crippen LogP contribution is -2.20. The van der Waals surface area contributed by atoms with Gasteiger partial charge in [-0.2, -0.15) is 0 Å². The van der Waals surface area contributed by atoms with Crippen LogP contribution >= 0.6 is 0 Å². The summed E-state index contributed by atoms with van der Waals surface area (Å²) in [6.07, 6.45) is 1.52. The Kier molecular flexibility index (Phi) is 2.60. The molecule has 18 heavy (non-hydrogen) atoms. The molecule has 0 bridgehead atoms. The number of rotatable bonds is 2. The van der Waals surface area contributed by atoms with Gasteiger partial charge in [-0.25, -0.2) is 9.78 Å². The van der Waals surface area contributed by atoms with E-state index in [9.17, 15) is 4.79 Å². The van der Waals surface area contributed by atoms with Crippen molar-refractivity contribution in [1.29, 1.82) is 0 Å². The fraction of sp³-hybridized carbons (Fsp3) is 0.231. The van der Waals surface area contributed by atoms with Crippen LogP contribution in [0.5, 0.6) is 0 Å². The number of fused-ring (bicyclic) bond motifs is 1. The van der Waals surface area contributed by atoms with E-state index in [0.717, 1.165) is 5.56 Å². The first-order chi connectivity index (χ1) is 8.74. The molecule has 0 spiro atoms. The fourth-order valence-electron chi connectivity index (χ4n) is 2.11. The fourth-order valence-corrected chi connectivity index (χ4v) is 2.11. The number of hydrogen-bond acceptors (Lipinski definition) is 3. The lowest BCUT2D eigenvalue weighted by Gasteiger charge is -2.24. The highest BCUT2D eigenvalue weighted by Gasteiger charge is 2.23. The second kappa shape index (κ2) is 4.27. The number of carboxylic acids is 1. The Morgan fingerprint density at radius 2 is 2.17 bits per heavy atom. The average Bonchev–Trinajstić information content (AvgIpc) is 2.82. The summed E-state index contributed by atoms with van der Waals surface area (Å²) in [6, 6.07) is 9.89. The normalized spacial score (nSPS) is 18.3. The molecule has 1 aromatic carbocycles. The summed E-state index contributed by atoms with van der Waals surface area (Å²) < 4.78 is 7.56. The van der Waals surface area contributed by atoms with E-state index in [4.69, 9.17) is 9.84 Å². The average molecular weight is 244 g/mol. The van der Waals surface area contributed by atoms with Crippen LogP contribution in [0, 0.1) is 0 Å². The van der Waals surface area contributed by atoms with E-state index in [-0.39, 0.29) is 11.8 Å². The summed E-state index contributed by atoms with van der Waals surface area (Å²) in [6.45, 7) is 0.937. The first-order valence-corrected chi connectivity index (χ1v) is 5.70. The molecule has 0 radical (unpaired) electrons.